The van der Waals surface area contributed by atoms with E-state index in [-0.39, 0.29) is 12.3 Å². The molecule has 4 rings (SSSR count). The first-order valence-corrected chi connectivity index (χ1v) is 11.9. The molecule has 38 heavy (non-hydrogen) atoms. The standard InChI is InChI=1S/C29H27N3O6/c1-4-37-29(35)23-18-25(32(31-23)24-15-8-9-16-26(24)36-3)21-13-10-14-22(17-21)30-28(34)27(38-19(2)33)20-11-6-5-7-12-20/h5-18,27H,4H2,1-3H3,(H,30,34)/t27-/m1/s1. The Morgan fingerprint density at radius 3 is 2.39 bits per heavy atom. The number of nitrogens with one attached hydrogen (secondary N) is 1. The molecule has 9 heteroatoms. The number of amides is 1. The van der Waals surface area contributed by atoms with Gasteiger partial charge in [0.1, 0.15) is 11.4 Å². The zero-order valence-corrected chi connectivity index (χ0v) is 21.2. The Morgan fingerprint density at radius 1 is 0.947 bits per heavy atom. The molecule has 1 heterocycles. The van der Waals surface area contributed by atoms with Gasteiger partial charge in [-0.2, -0.15) is 5.10 Å². The second kappa shape index (κ2) is 11.9. The van der Waals surface area contributed by atoms with Gasteiger partial charge in [-0.1, -0.05) is 54.6 Å². The molecule has 1 N–H and O–H groups in total. The summed E-state index contributed by atoms with van der Waals surface area (Å²) in [4.78, 5) is 37.4. The number of aromatic nitrogens is 2. The molecule has 0 radical (unpaired) electrons. The minimum absolute atomic E-state index is 0.126. The average Bonchev–Trinajstić information content (AvgIpc) is 3.38. The van der Waals surface area contributed by atoms with Gasteiger partial charge in [0.05, 0.1) is 19.4 Å². The molecule has 194 valence electrons. The molecule has 3 aromatic carbocycles. The van der Waals surface area contributed by atoms with Crippen molar-refractivity contribution in [1.82, 2.24) is 9.78 Å². The summed E-state index contributed by atoms with van der Waals surface area (Å²) in [6, 6.07) is 24.7. The van der Waals surface area contributed by atoms with Crippen LogP contribution in [0.15, 0.2) is 84.9 Å². The van der Waals surface area contributed by atoms with Crippen LogP contribution < -0.4 is 10.1 Å². The average molecular weight is 514 g/mol. The van der Waals surface area contributed by atoms with Gasteiger partial charge < -0.3 is 19.5 Å². The van der Waals surface area contributed by atoms with Crippen LogP contribution in [-0.4, -0.2) is 41.3 Å². The molecule has 0 aliphatic rings. The van der Waals surface area contributed by atoms with E-state index in [0.717, 1.165) is 0 Å². The molecule has 9 nitrogen and oxygen atoms in total. The second-order valence-corrected chi connectivity index (χ2v) is 8.19. The van der Waals surface area contributed by atoms with Gasteiger partial charge in [0, 0.05) is 23.7 Å². The molecule has 0 bridgehead atoms. The summed E-state index contributed by atoms with van der Waals surface area (Å²) in [5.74, 6) is -1.08. The molecule has 0 spiro atoms. The molecule has 0 fully saturated rings. The smallest absolute Gasteiger partial charge is 0.358 e. The number of esters is 2. The largest absolute Gasteiger partial charge is 0.494 e. The van der Waals surface area contributed by atoms with Crippen molar-refractivity contribution in [2.24, 2.45) is 0 Å². The lowest BCUT2D eigenvalue weighted by Gasteiger charge is -2.17. The fourth-order valence-electron chi connectivity index (χ4n) is 3.91. The Labute approximate surface area is 220 Å². The topological polar surface area (TPSA) is 109 Å². The third kappa shape index (κ3) is 5.89. The van der Waals surface area contributed by atoms with E-state index in [1.807, 2.05) is 30.3 Å². The van der Waals surface area contributed by atoms with Crippen molar-refractivity contribution in [2.75, 3.05) is 19.0 Å². The quantitative estimate of drug-likeness (QED) is 0.315. The van der Waals surface area contributed by atoms with Crippen molar-refractivity contribution < 1.29 is 28.6 Å². The third-order valence-electron chi connectivity index (χ3n) is 5.56. The predicted octanol–water partition coefficient (Wildman–Crippen LogP) is 4.97. The van der Waals surface area contributed by atoms with Gasteiger partial charge in [-0.15, -0.1) is 0 Å². The number of rotatable bonds is 9. The lowest BCUT2D eigenvalue weighted by Crippen LogP contribution is -2.25. The van der Waals surface area contributed by atoms with Crippen molar-refractivity contribution in [3.63, 3.8) is 0 Å². The molecule has 0 saturated heterocycles. The van der Waals surface area contributed by atoms with Crippen molar-refractivity contribution in [2.45, 2.75) is 20.0 Å². The van der Waals surface area contributed by atoms with Gasteiger partial charge in [0.15, 0.2) is 5.69 Å². The van der Waals surface area contributed by atoms with E-state index < -0.39 is 23.9 Å². The van der Waals surface area contributed by atoms with Crippen LogP contribution >= 0.6 is 0 Å². The maximum Gasteiger partial charge on any atom is 0.358 e. The molecule has 1 aromatic heterocycles. The van der Waals surface area contributed by atoms with Gasteiger partial charge >= 0.3 is 11.9 Å². The van der Waals surface area contributed by atoms with Gasteiger partial charge in [-0.25, -0.2) is 9.48 Å². The first-order chi connectivity index (χ1) is 18.4. The van der Waals surface area contributed by atoms with Crippen LogP contribution in [0.5, 0.6) is 5.75 Å². The fraction of sp³-hybridized carbons (Fsp3) is 0.172. The molecule has 0 saturated carbocycles. The minimum Gasteiger partial charge on any atom is -0.494 e. The SMILES string of the molecule is CCOC(=O)c1cc(-c2cccc(NC(=O)[C@H](OC(C)=O)c3ccccc3)c2)n(-c2ccccc2OC)n1. The van der Waals surface area contributed by atoms with Crippen molar-refractivity contribution in [3.8, 4) is 22.7 Å². The summed E-state index contributed by atoms with van der Waals surface area (Å²) in [7, 11) is 1.55. The van der Waals surface area contributed by atoms with E-state index in [4.69, 9.17) is 14.2 Å². The van der Waals surface area contributed by atoms with Crippen molar-refractivity contribution >= 4 is 23.5 Å². The van der Waals surface area contributed by atoms with Crippen molar-refractivity contribution in [1.29, 1.82) is 0 Å². The first kappa shape index (κ1) is 26.2. The van der Waals surface area contributed by atoms with E-state index in [1.165, 1.54) is 6.92 Å². The number of carbonyl (C=O) groups excluding carboxylic acids is 3. The number of para-hydroxylation sites is 2. The lowest BCUT2D eigenvalue weighted by molar-refractivity contribution is -0.152. The number of benzene rings is 3. The van der Waals surface area contributed by atoms with E-state index in [2.05, 4.69) is 10.4 Å². The van der Waals surface area contributed by atoms with Crippen LogP contribution in [0.25, 0.3) is 16.9 Å². The van der Waals surface area contributed by atoms with Crippen LogP contribution in [0, 0.1) is 0 Å². The monoisotopic (exact) mass is 513 g/mol. The highest BCUT2D eigenvalue weighted by atomic mass is 16.5. The minimum atomic E-state index is -1.12. The molecule has 1 amide bonds. The highest BCUT2D eigenvalue weighted by molar-refractivity contribution is 5.96. The van der Waals surface area contributed by atoms with Crippen LogP contribution in [-0.2, 0) is 19.1 Å². The highest BCUT2D eigenvalue weighted by Gasteiger charge is 2.24. The first-order valence-electron chi connectivity index (χ1n) is 11.9. The molecule has 0 aliphatic heterocycles. The normalized spacial score (nSPS) is 11.3. The number of hydrogen-bond donors (Lipinski definition) is 1. The Hall–Kier alpha value is -4.92. The number of methoxy groups -OCH3 is 1. The number of ether oxygens (including phenoxy) is 3. The van der Waals surface area contributed by atoms with E-state index >= 15 is 0 Å². The van der Waals surface area contributed by atoms with Gasteiger partial charge in [-0.05, 0) is 37.3 Å². The van der Waals surface area contributed by atoms with Gasteiger partial charge in [-0.3, -0.25) is 9.59 Å². The summed E-state index contributed by atoms with van der Waals surface area (Å²) < 4.78 is 17.6. The van der Waals surface area contributed by atoms with Crippen LogP contribution in [0.1, 0.15) is 36.0 Å². The Balaban J connectivity index is 1.72. The summed E-state index contributed by atoms with van der Waals surface area (Å²) >= 11 is 0. The summed E-state index contributed by atoms with van der Waals surface area (Å²) in [6.07, 6.45) is -1.12. The fourth-order valence-corrected chi connectivity index (χ4v) is 3.91. The summed E-state index contributed by atoms with van der Waals surface area (Å²) in [5.41, 5.74) is 3.00. The van der Waals surface area contributed by atoms with E-state index in [1.54, 1.807) is 73.3 Å². The van der Waals surface area contributed by atoms with E-state index in [9.17, 15) is 14.4 Å². The Bertz CT molecular complexity index is 1450. The number of carbonyl (C=O) groups is 3. The molecule has 4 aromatic rings. The lowest BCUT2D eigenvalue weighted by atomic mass is 10.1. The zero-order chi connectivity index (χ0) is 27.1. The van der Waals surface area contributed by atoms with E-state index in [0.29, 0.717) is 33.9 Å². The molecule has 0 unspecified atom stereocenters. The van der Waals surface area contributed by atoms with Crippen LogP contribution in [0.4, 0.5) is 5.69 Å². The van der Waals surface area contributed by atoms with Crippen LogP contribution in [0.3, 0.4) is 0 Å². The maximum atomic E-state index is 13.2. The number of hydrogen-bond acceptors (Lipinski definition) is 7. The predicted molar refractivity (Wildman–Crippen MR) is 141 cm³/mol. The van der Waals surface area contributed by atoms with Gasteiger partial charge in [0.2, 0.25) is 6.10 Å². The molecule has 1 atom stereocenters. The maximum absolute atomic E-state index is 13.2. The van der Waals surface area contributed by atoms with Crippen LogP contribution in [0.2, 0.25) is 0 Å². The highest BCUT2D eigenvalue weighted by Crippen LogP contribution is 2.31. The zero-order valence-electron chi connectivity index (χ0n) is 21.2. The Kier molecular flexibility index (Phi) is 8.17. The summed E-state index contributed by atoms with van der Waals surface area (Å²) in [5, 5.41) is 7.32. The number of anilines is 1. The molecular formula is C29H27N3O6. The second-order valence-electron chi connectivity index (χ2n) is 8.19. The molecular weight excluding hydrogens is 486 g/mol. The third-order valence-corrected chi connectivity index (χ3v) is 5.56. The molecule has 0 aliphatic carbocycles. The number of nitrogens with zero attached hydrogens (tertiary/aromatic N) is 2. The van der Waals surface area contributed by atoms with Gasteiger partial charge in [0.25, 0.3) is 5.91 Å². The van der Waals surface area contributed by atoms with Crippen molar-refractivity contribution in [3.05, 3.63) is 96.2 Å². The Morgan fingerprint density at radius 2 is 1.68 bits per heavy atom. The summed E-state index contributed by atoms with van der Waals surface area (Å²) in [6.45, 7) is 3.19.